The van der Waals surface area contributed by atoms with Crippen LogP contribution in [0.5, 0.6) is 0 Å². The lowest BCUT2D eigenvalue weighted by Crippen LogP contribution is -2.38. The summed E-state index contributed by atoms with van der Waals surface area (Å²) in [7, 11) is 0. The van der Waals surface area contributed by atoms with Crippen LogP contribution in [-0.2, 0) is 6.18 Å². The van der Waals surface area contributed by atoms with Gasteiger partial charge in [0.15, 0.2) is 5.69 Å². The van der Waals surface area contributed by atoms with E-state index in [0.29, 0.717) is 42.6 Å². The van der Waals surface area contributed by atoms with E-state index in [2.05, 4.69) is 4.98 Å². The molecule has 0 bridgehead atoms. The smallest absolute Gasteiger partial charge is 0.416 e. The van der Waals surface area contributed by atoms with Gasteiger partial charge in [0, 0.05) is 30.0 Å². The molecule has 166 valence electrons. The Kier molecular flexibility index (Phi) is 6.01. The van der Waals surface area contributed by atoms with Crippen molar-refractivity contribution < 1.29 is 27.9 Å². The van der Waals surface area contributed by atoms with E-state index < -0.39 is 17.7 Å². The molecule has 1 saturated heterocycles. The number of halogens is 3. The maximum Gasteiger partial charge on any atom is 0.416 e. The molecule has 5 nitrogen and oxygen atoms in total. The van der Waals surface area contributed by atoms with Crippen molar-refractivity contribution in [3.8, 4) is 11.1 Å². The fourth-order valence-corrected chi connectivity index (χ4v) is 4.80. The number of piperidine rings is 1. The summed E-state index contributed by atoms with van der Waals surface area (Å²) < 4.78 is 38.6. The van der Waals surface area contributed by atoms with Crippen molar-refractivity contribution in [3.05, 3.63) is 75.7 Å². The highest BCUT2D eigenvalue weighted by atomic mass is 32.1. The van der Waals surface area contributed by atoms with Crippen LogP contribution in [0, 0.1) is 0 Å². The van der Waals surface area contributed by atoms with Gasteiger partial charge >= 0.3 is 12.1 Å². The van der Waals surface area contributed by atoms with Crippen LogP contribution in [-0.4, -0.2) is 40.0 Å². The van der Waals surface area contributed by atoms with Crippen molar-refractivity contribution in [3.63, 3.8) is 0 Å². The Morgan fingerprint density at radius 1 is 1.03 bits per heavy atom. The van der Waals surface area contributed by atoms with Crippen molar-refractivity contribution >= 4 is 23.2 Å². The Balaban J connectivity index is 1.49. The summed E-state index contributed by atoms with van der Waals surface area (Å²) in [5.74, 6) is -1.13. The Hall–Kier alpha value is -3.20. The SMILES string of the molecule is O=C(O)c1csc(C2CCN(C(=O)c3ccccc3-c3ccc(C(F)(F)F)cc3)CC2)n1. The Bertz CT molecular complexity index is 1130. The lowest BCUT2D eigenvalue weighted by molar-refractivity contribution is -0.137. The first-order chi connectivity index (χ1) is 15.2. The van der Waals surface area contributed by atoms with E-state index in [4.69, 9.17) is 5.11 Å². The van der Waals surface area contributed by atoms with Gasteiger partial charge in [0.1, 0.15) is 0 Å². The lowest BCUT2D eigenvalue weighted by atomic mass is 9.94. The molecule has 32 heavy (non-hydrogen) atoms. The first kappa shape index (κ1) is 22.0. The Morgan fingerprint density at radius 2 is 1.69 bits per heavy atom. The summed E-state index contributed by atoms with van der Waals surface area (Å²) >= 11 is 1.32. The molecule has 1 aromatic heterocycles. The number of carbonyl (C=O) groups is 2. The minimum absolute atomic E-state index is 0.0361. The van der Waals surface area contributed by atoms with Gasteiger partial charge in [-0.05, 0) is 42.2 Å². The number of alkyl halides is 3. The van der Waals surface area contributed by atoms with Crippen LogP contribution in [0.4, 0.5) is 13.2 Å². The number of carboxylic acids is 1. The van der Waals surface area contributed by atoms with Crippen LogP contribution in [0.25, 0.3) is 11.1 Å². The van der Waals surface area contributed by atoms with Gasteiger partial charge in [-0.15, -0.1) is 11.3 Å². The summed E-state index contributed by atoms with van der Waals surface area (Å²) in [6.07, 6.45) is -3.08. The molecule has 3 aromatic rings. The second kappa shape index (κ2) is 8.74. The number of carboxylic acid groups (broad SMARTS) is 1. The van der Waals surface area contributed by atoms with Crippen molar-refractivity contribution in [1.29, 1.82) is 0 Å². The van der Waals surface area contributed by atoms with E-state index in [-0.39, 0.29) is 17.5 Å². The zero-order valence-electron chi connectivity index (χ0n) is 16.8. The molecule has 1 aliphatic rings. The monoisotopic (exact) mass is 460 g/mol. The number of hydrogen-bond acceptors (Lipinski definition) is 4. The zero-order chi connectivity index (χ0) is 22.9. The fourth-order valence-electron chi connectivity index (χ4n) is 3.83. The highest BCUT2D eigenvalue weighted by Gasteiger charge is 2.31. The van der Waals surface area contributed by atoms with Gasteiger partial charge in [0.05, 0.1) is 10.6 Å². The average molecular weight is 460 g/mol. The lowest BCUT2D eigenvalue weighted by Gasteiger charge is -2.31. The summed E-state index contributed by atoms with van der Waals surface area (Å²) in [5, 5.41) is 11.3. The van der Waals surface area contributed by atoms with E-state index in [1.165, 1.54) is 28.8 Å². The largest absolute Gasteiger partial charge is 0.476 e. The van der Waals surface area contributed by atoms with Crippen molar-refractivity contribution in [1.82, 2.24) is 9.88 Å². The predicted molar refractivity (Wildman–Crippen MR) is 114 cm³/mol. The van der Waals surface area contributed by atoms with E-state index in [0.717, 1.165) is 17.1 Å². The van der Waals surface area contributed by atoms with Crippen LogP contribution in [0.2, 0.25) is 0 Å². The molecule has 0 atom stereocenters. The standard InChI is InChI=1S/C23H19F3N2O3S/c24-23(25,26)16-7-5-14(6-8-16)17-3-1-2-4-18(17)21(29)28-11-9-15(10-12-28)20-27-19(13-32-20)22(30)31/h1-8,13,15H,9-12H2,(H,30,31). The third-order valence-corrected chi connectivity index (χ3v) is 6.56. The third-order valence-electron chi connectivity index (χ3n) is 5.55. The first-order valence-corrected chi connectivity index (χ1v) is 10.9. The minimum Gasteiger partial charge on any atom is -0.476 e. The Labute approximate surface area is 186 Å². The summed E-state index contributed by atoms with van der Waals surface area (Å²) in [6.45, 7) is 0.986. The molecule has 0 unspecified atom stereocenters. The van der Waals surface area contributed by atoms with E-state index >= 15 is 0 Å². The molecule has 4 rings (SSSR count). The summed E-state index contributed by atoms with van der Waals surface area (Å²) in [4.78, 5) is 30.2. The number of hydrogen-bond donors (Lipinski definition) is 1. The number of thiazole rings is 1. The molecular formula is C23H19F3N2O3S. The maximum atomic E-state index is 13.2. The Morgan fingerprint density at radius 3 is 2.28 bits per heavy atom. The topological polar surface area (TPSA) is 70.5 Å². The maximum absolute atomic E-state index is 13.2. The molecule has 0 saturated carbocycles. The normalized spacial score (nSPS) is 15.0. The molecule has 1 fully saturated rings. The van der Waals surface area contributed by atoms with Gasteiger partial charge in [-0.3, -0.25) is 4.79 Å². The van der Waals surface area contributed by atoms with Crippen molar-refractivity contribution in [2.24, 2.45) is 0 Å². The molecule has 1 amide bonds. The molecule has 2 aromatic carbocycles. The summed E-state index contributed by atoms with van der Waals surface area (Å²) in [5.41, 5.74) is 0.864. The van der Waals surface area contributed by atoms with Gasteiger partial charge < -0.3 is 10.0 Å². The molecule has 0 radical (unpaired) electrons. The van der Waals surface area contributed by atoms with Crippen molar-refractivity contribution in [2.75, 3.05) is 13.1 Å². The molecule has 1 aliphatic heterocycles. The van der Waals surface area contributed by atoms with E-state index in [1.807, 2.05) is 0 Å². The molecule has 0 spiro atoms. The minimum atomic E-state index is -4.42. The second-order valence-electron chi connectivity index (χ2n) is 7.56. The average Bonchev–Trinajstić information content (AvgIpc) is 3.29. The quantitative estimate of drug-likeness (QED) is 0.555. The van der Waals surface area contributed by atoms with Crippen LogP contribution in [0.3, 0.4) is 0 Å². The predicted octanol–water partition coefficient (Wildman–Crippen LogP) is 5.55. The van der Waals surface area contributed by atoms with Gasteiger partial charge in [-0.25, -0.2) is 9.78 Å². The number of rotatable bonds is 4. The molecular weight excluding hydrogens is 441 g/mol. The van der Waals surface area contributed by atoms with Gasteiger partial charge in [0.2, 0.25) is 0 Å². The van der Waals surface area contributed by atoms with Gasteiger partial charge in [0.25, 0.3) is 5.91 Å². The molecule has 1 N–H and O–H groups in total. The number of aromatic carboxylic acids is 1. The number of benzene rings is 2. The molecule has 9 heteroatoms. The van der Waals surface area contributed by atoms with Crippen LogP contribution >= 0.6 is 11.3 Å². The van der Waals surface area contributed by atoms with Gasteiger partial charge in [-0.2, -0.15) is 13.2 Å². The highest BCUT2D eigenvalue weighted by Crippen LogP contribution is 2.34. The number of aromatic nitrogens is 1. The van der Waals surface area contributed by atoms with Crippen LogP contribution < -0.4 is 0 Å². The van der Waals surface area contributed by atoms with E-state index in [9.17, 15) is 22.8 Å². The first-order valence-electron chi connectivity index (χ1n) is 9.98. The number of nitrogens with zero attached hydrogens (tertiary/aromatic N) is 2. The highest BCUT2D eigenvalue weighted by molar-refractivity contribution is 7.09. The van der Waals surface area contributed by atoms with E-state index in [1.54, 1.807) is 29.2 Å². The van der Waals surface area contributed by atoms with Crippen LogP contribution in [0.1, 0.15) is 50.2 Å². The molecule has 2 heterocycles. The number of amides is 1. The van der Waals surface area contributed by atoms with Gasteiger partial charge in [-0.1, -0.05) is 30.3 Å². The third kappa shape index (κ3) is 4.52. The number of likely N-dealkylation sites (tertiary alicyclic amines) is 1. The molecule has 0 aliphatic carbocycles. The van der Waals surface area contributed by atoms with Crippen molar-refractivity contribution in [2.45, 2.75) is 24.9 Å². The van der Waals surface area contributed by atoms with Crippen LogP contribution in [0.15, 0.2) is 53.9 Å². The summed E-state index contributed by atoms with van der Waals surface area (Å²) in [6, 6.07) is 11.7. The second-order valence-corrected chi connectivity index (χ2v) is 8.45. The zero-order valence-corrected chi connectivity index (χ0v) is 17.6. The number of carbonyl (C=O) groups excluding carboxylic acids is 1. The fraction of sp³-hybridized carbons (Fsp3) is 0.261.